The molecule has 0 aliphatic carbocycles. The molecule has 18 heavy (non-hydrogen) atoms. The van der Waals surface area contributed by atoms with Crippen molar-refractivity contribution in [1.29, 1.82) is 0 Å². The average molecular weight is 258 g/mol. The molecular formula is C14H30N2O2. The highest BCUT2D eigenvalue weighted by atomic mass is 16.6. The Morgan fingerprint density at radius 1 is 1.28 bits per heavy atom. The molecule has 0 aromatic heterocycles. The van der Waals surface area contributed by atoms with Crippen LogP contribution >= 0.6 is 0 Å². The Labute approximate surface area is 112 Å². The number of carbonyl (C=O) groups is 1. The smallest absolute Gasteiger partial charge is 0.310 e. The molecule has 0 spiro atoms. The van der Waals surface area contributed by atoms with Gasteiger partial charge in [-0.1, -0.05) is 20.8 Å². The largest absolute Gasteiger partial charge is 0.460 e. The van der Waals surface area contributed by atoms with Gasteiger partial charge in [0.05, 0.1) is 5.92 Å². The Kier molecular flexibility index (Phi) is 8.20. The molecule has 0 saturated carbocycles. The molecule has 1 N–H and O–H groups in total. The molecule has 0 fully saturated rings. The minimum atomic E-state index is -0.396. The van der Waals surface area contributed by atoms with Crippen LogP contribution in [-0.2, 0) is 9.53 Å². The van der Waals surface area contributed by atoms with Crippen LogP contribution in [0.2, 0.25) is 0 Å². The van der Waals surface area contributed by atoms with E-state index in [9.17, 15) is 4.79 Å². The molecule has 0 bridgehead atoms. The summed E-state index contributed by atoms with van der Waals surface area (Å²) in [4.78, 5) is 14.1. The summed E-state index contributed by atoms with van der Waals surface area (Å²) in [5.41, 5.74) is -0.396. The van der Waals surface area contributed by atoms with Crippen molar-refractivity contribution in [1.82, 2.24) is 10.2 Å². The Morgan fingerprint density at radius 3 is 2.28 bits per heavy atom. The van der Waals surface area contributed by atoms with E-state index in [-0.39, 0.29) is 11.9 Å². The first-order valence-electron chi connectivity index (χ1n) is 6.96. The number of esters is 1. The molecule has 1 atom stereocenters. The van der Waals surface area contributed by atoms with Crippen LogP contribution in [0.1, 0.15) is 41.5 Å². The second-order valence-corrected chi connectivity index (χ2v) is 5.67. The number of hydrogen-bond donors (Lipinski definition) is 1. The van der Waals surface area contributed by atoms with Crippen LogP contribution in [0.25, 0.3) is 0 Å². The second-order valence-electron chi connectivity index (χ2n) is 5.67. The summed E-state index contributed by atoms with van der Waals surface area (Å²) < 4.78 is 5.33. The lowest BCUT2D eigenvalue weighted by Crippen LogP contribution is -2.36. The van der Waals surface area contributed by atoms with Crippen molar-refractivity contribution in [3.8, 4) is 0 Å². The molecule has 4 heteroatoms. The lowest BCUT2D eigenvalue weighted by atomic mass is 10.1. The molecule has 0 aliphatic heterocycles. The first kappa shape index (κ1) is 17.4. The van der Waals surface area contributed by atoms with Crippen LogP contribution in [0.5, 0.6) is 0 Å². The maximum absolute atomic E-state index is 11.7. The molecule has 0 unspecified atom stereocenters. The Hall–Kier alpha value is -0.610. The van der Waals surface area contributed by atoms with Gasteiger partial charge < -0.3 is 15.0 Å². The SMILES string of the molecule is CCN(CC)CCNC[C@@H](C)C(=O)OC(C)(C)C. The highest BCUT2D eigenvalue weighted by Crippen LogP contribution is 2.10. The maximum atomic E-state index is 11.7. The number of hydrogen-bond acceptors (Lipinski definition) is 4. The monoisotopic (exact) mass is 258 g/mol. The van der Waals surface area contributed by atoms with Gasteiger partial charge in [-0.15, -0.1) is 0 Å². The standard InChI is InChI=1S/C14H30N2O2/c1-7-16(8-2)10-9-15-11-12(3)13(17)18-14(4,5)6/h12,15H,7-11H2,1-6H3/t12-/m1/s1. The van der Waals surface area contributed by atoms with E-state index in [1.165, 1.54) is 0 Å². The van der Waals surface area contributed by atoms with Gasteiger partial charge in [0.2, 0.25) is 0 Å². The fourth-order valence-electron chi connectivity index (χ4n) is 1.58. The molecule has 0 saturated heterocycles. The van der Waals surface area contributed by atoms with Crippen molar-refractivity contribution in [3.63, 3.8) is 0 Å². The van der Waals surface area contributed by atoms with Crippen LogP contribution in [-0.4, -0.2) is 49.2 Å². The number of nitrogens with zero attached hydrogens (tertiary/aromatic N) is 1. The third-order valence-corrected chi connectivity index (χ3v) is 2.76. The quantitative estimate of drug-likeness (QED) is 0.533. The van der Waals surface area contributed by atoms with E-state index >= 15 is 0 Å². The molecule has 0 aliphatic rings. The van der Waals surface area contributed by atoms with Gasteiger partial charge in [0.25, 0.3) is 0 Å². The average Bonchev–Trinajstić information content (AvgIpc) is 2.26. The summed E-state index contributed by atoms with van der Waals surface area (Å²) in [5.74, 6) is -0.223. The van der Waals surface area contributed by atoms with Gasteiger partial charge in [0.1, 0.15) is 5.60 Å². The summed E-state index contributed by atoms with van der Waals surface area (Å²) in [7, 11) is 0. The summed E-state index contributed by atoms with van der Waals surface area (Å²) >= 11 is 0. The number of nitrogens with one attached hydrogen (secondary N) is 1. The predicted molar refractivity (Wildman–Crippen MR) is 75.7 cm³/mol. The molecule has 0 amide bonds. The molecular weight excluding hydrogens is 228 g/mol. The predicted octanol–water partition coefficient (Wildman–Crippen LogP) is 1.90. The van der Waals surface area contributed by atoms with E-state index < -0.39 is 5.60 Å². The zero-order valence-electron chi connectivity index (χ0n) is 12.9. The fraction of sp³-hybridized carbons (Fsp3) is 0.929. The summed E-state index contributed by atoms with van der Waals surface area (Å²) in [6.45, 7) is 16.7. The van der Waals surface area contributed by atoms with Gasteiger partial charge >= 0.3 is 5.97 Å². The van der Waals surface area contributed by atoms with Crippen LogP contribution in [0, 0.1) is 5.92 Å². The van der Waals surface area contributed by atoms with Gasteiger partial charge in [0.15, 0.2) is 0 Å². The van der Waals surface area contributed by atoms with E-state index in [4.69, 9.17) is 4.74 Å². The zero-order valence-corrected chi connectivity index (χ0v) is 12.9. The van der Waals surface area contributed by atoms with Crippen LogP contribution < -0.4 is 5.32 Å². The van der Waals surface area contributed by atoms with E-state index in [1.54, 1.807) is 0 Å². The third kappa shape index (κ3) is 8.48. The second kappa shape index (κ2) is 8.48. The van der Waals surface area contributed by atoms with Gasteiger partial charge in [-0.3, -0.25) is 4.79 Å². The van der Waals surface area contributed by atoms with Crippen molar-refractivity contribution in [2.45, 2.75) is 47.1 Å². The molecule has 4 nitrogen and oxygen atoms in total. The van der Waals surface area contributed by atoms with E-state index in [1.807, 2.05) is 27.7 Å². The van der Waals surface area contributed by atoms with Gasteiger partial charge in [-0.25, -0.2) is 0 Å². The lowest BCUT2D eigenvalue weighted by Gasteiger charge is -2.23. The number of carbonyl (C=O) groups excluding carboxylic acids is 1. The van der Waals surface area contributed by atoms with Crippen LogP contribution in [0.15, 0.2) is 0 Å². The summed E-state index contributed by atoms with van der Waals surface area (Å²) in [6.07, 6.45) is 0. The van der Waals surface area contributed by atoms with Crippen molar-refractivity contribution in [2.75, 3.05) is 32.7 Å². The fourth-order valence-corrected chi connectivity index (χ4v) is 1.58. The lowest BCUT2D eigenvalue weighted by molar-refractivity contribution is -0.159. The van der Waals surface area contributed by atoms with Crippen molar-refractivity contribution in [3.05, 3.63) is 0 Å². The molecule has 0 aromatic carbocycles. The first-order chi connectivity index (χ1) is 8.30. The Balaban J connectivity index is 3.76. The number of likely N-dealkylation sites (N-methyl/N-ethyl adjacent to an activating group) is 1. The molecule has 0 heterocycles. The topological polar surface area (TPSA) is 41.6 Å². The minimum absolute atomic E-state index is 0.0964. The Bertz CT molecular complexity index is 232. The molecule has 108 valence electrons. The van der Waals surface area contributed by atoms with Crippen LogP contribution in [0.4, 0.5) is 0 Å². The van der Waals surface area contributed by atoms with E-state index in [2.05, 4.69) is 24.1 Å². The highest BCUT2D eigenvalue weighted by molar-refractivity contribution is 5.72. The number of ether oxygens (including phenoxy) is 1. The highest BCUT2D eigenvalue weighted by Gasteiger charge is 2.21. The van der Waals surface area contributed by atoms with Crippen molar-refractivity contribution in [2.24, 2.45) is 5.92 Å². The van der Waals surface area contributed by atoms with Crippen LogP contribution in [0.3, 0.4) is 0 Å². The van der Waals surface area contributed by atoms with E-state index in [0.29, 0.717) is 6.54 Å². The van der Waals surface area contributed by atoms with Gasteiger partial charge in [-0.05, 0) is 33.9 Å². The third-order valence-electron chi connectivity index (χ3n) is 2.76. The van der Waals surface area contributed by atoms with Gasteiger partial charge in [0, 0.05) is 19.6 Å². The summed E-state index contributed by atoms with van der Waals surface area (Å²) in [5, 5.41) is 3.31. The summed E-state index contributed by atoms with van der Waals surface area (Å²) in [6, 6.07) is 0. The molecule has 0 radical (unpaired) electrons. The Morgan fingerprint density at radius 2 is 1.83 bits per heavy atom. The maximum Gasteiger partial charge on any atom is 0.310 e. The van der Waals surface area contributed by atoms with Crippen molar-refractivity contribution < 1.29 is 9.53 Å². The zero-order chi connectivity index (χ0) is 14.2. The first-order valence-corrected chi connectivity index (χ1v) is 6.96. The van der Waals surface area contributed by atoms with Crippen molar-refractivity contribution >= 4 is 5.97 Å². The normalized spacial score (nSPS) is 13.7. The van der Waals surface area contributed by atoms with Gasteiger partial charge in [-0.2, -0.15) is 0 Å². The number of rotatable bonds is 8. The minimum Gasteiger partial charge on any atom is -0.460 e. The molecule has 0 aromatic rings. The molecule has 0 rings (SSSR count). The van der Waals surface area contributed by atoms with E-state index in [0.717, 1.165) is 26.2 Å².